The van der Waals surface area contributed by atoms with Gasteiger partial charge in [-0.2, -0.15) is 0 Å². The van der Waals surface area contributed by atoms with Crippen LogP contribution in [-0.2, 0) is 14.8 Å². The van der Waals surface area contributed by atoms with E-state index in [1.165, 1.54) is 22.7 Å². The summed E-state index contributed by atoms with van der Waals surface area (Å²) in [5, 5.41) is 3.21. The van der Waals surface area contributed by atoms with Gasteiger partial charge in [0.25, 0.3) is 15.9 Å². The number of hydrogen-bond donors (Lipinski definition) is 1. The number of aryl methyl sites for hydroxylation is 2. The molecule has 33 heavy (non-hydrogen) atoms. The second-order valence-electron chi connectivity index (χ2n) is 7.49. The van der Waals surface area contributed by atoms with E-state index in [-0.39, 0.29) is 11.5 Å². The van der Waals surface area contributed by atoms with Gasteiger partial charge < -0.3 is 10.1 Å². The summed E-state index contributed by atoms with van der Waals surface area (Å²) in [6, 6.07) is 12.8. The number of hydrogen-bond acceptors (Lipinski definition) is 6. The Bertz CT molecular complexity index is 1280. The summed E-state index contributed by atoms with van der Waals surface area (Å²) in [6.45, 7) is 7.53. The number of sulfonamides is 1. The number of amides is 1. The molecule has 1 amide bonds. The van der Waals surface area contributed by atoms with Gasteiger partial charge in [0.15, 0.2) is 0 Å². The summed E-state index contributed by atoms with van der Waals surface area (Å²) in [6.07, 6.45) is 0. The van der Waals surface area contributed by atoms with Crippen molar-refractivity contribution in [2.75, 3.05) is 23.3 Å². The summed E-state index contributed by atoms with van der Waals surface area (Å²) in [7, 11) is -2.26. The van der Waals surface area contributed by atoms with Crippen molar-refractivity contribution in [3.63, 3.8) is 0 Å². The average Bonchev–Trinajstić information content (AvgIpc) is 3.06. The highest BCUT2D eigenvalue weighted by molar-refractivity contribution is 7.92. The first kappa shape index (κ1) is 24.5. The number of anilines is 2. The van der Waals surface area contributed by atoms with Crippen molar-refractivity contribution in [3.05, 3.63) is 75.7 Å². The van der Waals surface area contributed by atoms with E-state index in [1.807, 2.05) is 20.8 Å². The highest BCUT2D eigenvalue weighted by atomic mass is 32.2. The van der Waals surface area contributed by atoms with Gasteiger partial charge in [0, 0.05) is 17.5 Å². The highest BCUT2D eigenvalue weighted by Crippen LogP contribution is 2.33. The Morgan fingerprint density at radius 3 is 2.18 bits per heavy atom. The molecule has 2 aromatic carbocycles. The zero-order valence-corrected chi connectivity index (χ0v) is 20.8. The first-order valence-electron chi connectivity index (χ1n) is 10.3. The van der Waals surface area contributed by atoms with Crippen LogP contribution in [0.3, 0.4) is 0 Å². The molecule has 9 heteroatoms. The molecule has 3 rings (SSSR count). The Balaban J connectivity index is 1.81. The van der Waals surface area contributed by atoms with Crippen LogP contribution in [0.25, 0.3) is 0 Å². The van der Waals surface area contributed by atoms with Crippen LogP contribution in [0.5, 0.6) is 0 Å². The van der Waals surface area contributed by atoms with Crippen LogP contribution in [0.4, 0.5) is 10.7 Å². The first-order chi connectivity index (χ1) is 15.6. The Kier molecular flexibility index (Phi) is 7.24. The summed E-state index contributed by atoms with van der Waals surface area (Å²) in [5.41, 5.74) is 2.84. The summed E-state index contributed by atoms with van der Waals surface area (Å²) in [4.78, 5) is 26.2. The Morgan fingerprint density at radius 1 is 1.00 bits per heavy atom. The molecule has 1 aromatic heterocycles. The number of thiophene rings is 1. The summed E-state index contributed by atoms with van der Waals surface area (Å²) in [5.74, 6) is -0.884. The van der Waals surface area contributed by atoms with Crippen molar-refractivity contribution in [1.82, 2.24) is 0 Å². The largest absolute Gasteiger partial charge is 0.462 e. The standard InChI is InChI=1S/C24H26N2O5S2/c1-6-31-24(28)21-16(3)17(4)32-23(21)25-22(27)18-9-11-19(12-10-18)26(5)33(29,30)20-13-7-15(2)8-14-20/h7-14H,6H2,1-5H3,(H,25,27). The van der Waals surface area contributed by atoms with Gasteiger partial charge in [-0.05, 0) is 69.7 Å². The topological polar surface area (TPSA) is 92.8 Å². The van der Waals surface area contributed by atoms with Crippen LogP contribution in [0.15, 0.2) is 53.4 Å². The van der Waals surface area contributed by atoms with E-state index >= 15 is 0 Å². The molecule has 0 unspecified atom stereocenters. The van der Waals surface area contributed by atoms with E-state index in [9.17, 15) is 18.0 Å². The van der Waals surface area contributed by atoms with E-state index < -0.39 is 21.9 Å². The lowest BCUT2D eigenvalue weighted by Crippen LogP contribution is -2.26. The molecule has 0 aliphatic rings. The number of benzene rings is 2. The third-order valence-corrected chi connectivity index (χ3v) is 8.19. The molecule has 0 bridgehead atoms. The maximum Gasteiger partial charge on any atom is 0.341 e. The predicted molar refractivity (Wildman–Crippen MR) is 131 cm³/mol. The van der Waals surface area contributed by atoms with E-state index in [4.69, 9.17) is 4.74 Å². The van der Waals surface area contributed by atoms with Crippen molar-refractivity contribution in [1.29, 1.82) is 0 Å². The van der Waals surface area contributed by atoms with Crippen LogP contribution in [0.1, 0.15) is 43.6 Å². The van der Waals surface area contributed by atoms with Gasteiger partial charge in [-0.1, -0.05) is 17.7 Å². The van der Waals surface area contributed by atoms with Crippen molar-refractivity contribution in [2.45, 2.75) is 32.6 Å². The monoisotopic (exact) mass is 486 g/mol. The Labute approximate surface area is 198 Å². The molecule has 174 valence electrons. The molecule has 0 spiro atoms. The summed E-state index contributed by atoms with van der Waals surface area (Å²) < 4.78 is 32.1. The van der Waals surface area contributed by atoms with Crippen LogP contribution >= 0.6 is 11.3 Å². The minimum atomic E-state index is -3.73. The van der Waals surface area contributed by atoms with Crippen molar-refractivity contribution in [3.8, 4) is 0 Å². The first-order valence-corrected chi connectivity index (χ1v) is 12.6. The molecule has 7 nitrogen and oxygen atoms in total. The number of rotatable bonds is 7. The molecule has 3 aromatic rings. The van der Waals surface area contributed by atoms with Gasteiger partial charge in [0.05, 0.1) is 22.8 Å². The molecule has 0 aliphatic carbocycles. The van der Waals surface area contributed by atoms with E-state index in [1.54, 1.807) is 55.5 Å². The second kappa shape index (κ2) is 9.76. The zero-order valence-electron chi connectivity index (χ0n) is 19.1. The fraction of sp³-hybridized carbons (Fsp3) is 0.250. The van der Waals surface area contributed by atoms with Gasteiger partial charge >= 0.3 is 5.97 Å². The average molecular weight is 487 g/mol. The molecular formula is C24H26N2O5S2. The van der Waals surface area contributed by atoms with Crippen LogP contribution in [-0.4, -0.2) is 33.9 Å². The van der Waals surface area contributed by atoms with Crippen molar-refractivity contribution < 1.29 is 22.7 Å². The van der Waals surface area contributed by atoms with Gasteiger partial charge in [-0.15, -0.1) is 11.3 Å². The van der Waals surface area contributed by atoms with Crippen molar-refractivity contribution >= 4 is 43.9 Å². The van der Waals surface area contributed by atoms with Crippen LogP contribution < -0.4 is 9.62 Å². The van der Waals surface area contributed by atoms with E-state index in [0.29, 0.717) is 21.8 Å². The van der Waals surface area contributed by atoms with E-state index in [2.05, 4.69) is 5.32 Å². The molecular weight excluding hydrogens is 460 g/mol. The number of nitrogens with one attached hydrogen (secondary N) is 1. The maximum absolute atomic E-state index is 12.9. The number of esters is 1. The van der Waals surface area contributed by atoms with Crippen LogP contribution in [0, 0.1) is 20.8 Å². The normalized spacial score (nSPS) is 11.2. The number of carbonyl (C=O) groups is 2. The molecule has 0 saturated carbocycles. The van der Waals surface area contributed by atoms with Gasteiger partial charge in [0.2, 0.25) is 0 Å². The quantitative estimate of drug-likeness (QED) is 0.478. The van der Waals surface area contributed by atoms with Crippen molar-refractivity contribution in [2.24, 2.45) is 0 Å². The number of ether oxygens (including phenoxy) is 1. The van der Waals surface area contributed by atoms with E-state index in [0.717, 1.165) is 16.0 Å². The highest BCUT2D eigenvalue weighted by Gasteiger charge is 2.24. The zero-order chi connectivity index (χ0) is 24.3. The fourth-order valence-corrected chi connectivity index (χ4v) is 5.41. The maximum atomic E-state index is 12.9. The fourth-order valence-electron chi connectivity index (χ4n) is 3.17. The SMILES string of the molecule is CCOC(=O)c1c(NC(=O)c2ccc(N(C)S(=O)(=O)c3ccc(C)cc3)cc2)sc(C)c1C. The van der Waals surface area contributed by atoms with Gasteiger partial charge in [-0.25, -0.2) is 13.2 Å². The van der Waals surface area contributed by atoms with Crippen LogP contribution in [0.2, 0.25) is 0 Å². The minimum Gasteiger partial charge on any atom is -0.462 e. The lowest BCUT2D eigenvalue weighted by atomic mass is 10.1. The smallest absolute Gasteiger partial charge is 0.341 e. The molecule has 1 N–H and O–H groups in total. The van der Waals surface area contributed by atoms with Gasteiger partial charge in [0.1, 0.15) is 5.00 Å². The third kappa shape index (κ3) is 5.09. The molecule has 0 radical (unpaired) electrons. The minimum absolute atomic E-state index is 0.187. The molecule has 0 saturated heterocycles. The lowest BCUT2D eigenvalue weighted by molar-refractivity contribution is 0.0527. The summed E-state index contributed by atoms with van der Waals surface area (Å²) >= 11 is 1.31. The molecule has 0 aliphatic heterocycles. The third-order valence-electron chi connectivity index (χ3n) is 5.26. The predicted octanol–water partition coefficient (Wildman–Crippen LogP) is 4.93. The number of carbonyl (C=O) groups excluding carboxylic acids is 2. The van der Waals surface area contributed by atoms with Gasteiger partial charge in [-0.3, -0.25) is 9.10 Å². The number of nitrogens with zero attached hydrogens (tertiary/aromatic N) is 1. The lowest BCUT2D eigenvalue weighted by Gasteiger charge is -2.20. The second-order valence-corrected chi connectivity index (χ2v) is 10.7. The molecule has 0 atom stereocenters. The molecule has 1 heterocycles. The Hall–Kier alpha value is -3.17. The Morgan fingerprint density at radius 2 is 1.61 bits per heavy atom. The molecule has 0 fully saturated rings.